The number of fused-ring (bicyclic) bond motifs is 1. The number of para-hydroxylation sites is 1. The molecule has 5 heteroatoms. The van der Waals surface area contributed by atoms with Crippen LogP contribution in [-0.4, -0.2) is 24.5 Å². The summed E-state index contributed by atoms with van der Waals surface area (Å²) >= 11 is 0. The molecule has 0 aliphatic heterocycles. The first-order chi connectivity index (χ1) is 8.38. The number of aromatic nitrogens is 5. The second-order valence-corrected chi connectivity index (χ2v) is 3.87. The Kier molecular flexibility index (Phi) is 2.36. The van der Waals surface area contributed by atoms with Crippen LogP contribution < -0.4 is 0 Å². The van der Waals surface area contributed by atoms with Gasteiger partial charge in [0, 0.05) is 11.9 Å². The van der Waals surface area contributed by atoms with Gasteiger partial charge in [-0.15, -0.1) is 0 Å². The van der Waals surface area contributed by atoms with Gasteiger partial charge in [0.1, 0.15) is 12.7 Å². The zero-order valence-corrected chi connectivity index (χ0v) is 9.61. The molecule has 86 valence electrons. The number of hydrogen-bond donors (Lipinski definition) is 0. The summed E-state index contributed by atoms with van der Waals surface area (Å²) < 4.78 is 3.80. The van der Waals surface area contributed by atoms with Gasteiger partial charge in [0.2, 0.25) is 0 Å². The summed E-state index contributed by atoms with van der Waals surface area (Å²) in [6.07, 6.45) is 3.25. The lowest BCUT2D eigenvalue weighted by atomic mass is 10.2. The fourth-order valence-electron chi connectivity index (χ4n) is 2.02. The summed E-state index contributed by atoms with van der Waals surface area (Å²) in [5, 5.41) is 9.91. The van der Waals surface area contributed by atoms with E-state index in [2.05, 4.69) is 34.2 Å². The van der Waals surface area contributed by atoms with Crippen molar-refractivity contribution in [3.05, 3.63) is 42.6 Å². The predicted octanol–water partition coefficient (Wildman–Crippen LogP) is 1.70. The maximum Gasteiger partial charge on any atom is 0.137 e. The molecule has 5 nitrogen and oxygen atoms in total. The highest BCUT2D eigenvalue weighted by Crippen LogP contribution is 2.18. The number of benzene rings is 1. The summed E-state index contributed by atoms with van der Waals surface area (Å²) in [5.74, 6) is 0. The molecule has 0 bridgehead atoms. The Bertz CT molecular complexity index is 623. The zero-order chi connectivity index (χ0) is 11.7. The van der Waals surface area contributed by atoms with E-state index < -0.39 is 0 Å². The Morgan fingerprint density at radius 1 is 1.24 bits per heavy atom. The van der Waals surface area contributed by atoms with Crippen LogP contribution in [0.25, 0.3) is 10.9 Å². The lowest BCUT2D eigenvalue weighted by molar-refractivity contribution is 0.626. The van der Waals surface area contributed by atoms with Crippen molar-refractivity contribution in [1.29, 1.82) is 0 Å². The van der Waals surface area contributed by atoms with Gasteiger partial charge in [0.15, 0.2) is 0 Å². The normalized spacial score (nSPS) is 11.1. The third-order valence-corrected chi connectivity index (χ3v) is 2.81. The summed E-state index contributed by atoms with van der Waals surface area (Å²) in [6, 6.07) is 8.27. The Morgan fingerprint density at radius 2 is 2.12 bits per heavy atom. The number of nitrogens with zero attached hydrogens (tertiary/aromatic N) is 5. The van der Waals surface area contributed by atoms with E-state index in [1.54, 1.807) is 17.3 Å². The van der Waals surface area contributed by atoms with Crippen LogP contribution in [0.1, 0.15) is 12.6 Å². The van der Waals surface area contributed by atoms with Crippen molar-refractivity contribution in [1.82, 2.24) is 24.5 Å². The molecule has 0 amide bonds. The minimum absolute atomic E-state index is 0.660. The average Bonchev–Trinajstić information content (AvgIpc) is 2.98. The van der Waals surface area contributed by atoms with Gasteiger partial charge in [-0.1, -0.05) is 18.2 Å². The maximum atomic E-state index is 4.61. The lowest BCUT2D eigenvalue weighted by Gasteiger charge is -1.96. The Balaban J connectivity index is 2.10. The van der Waals surface area contributed by atoms with Crippen molar-refractivity contribution >= 4 is 10.9 Å². The van der Waals surface area contributed by atoms with Crippen LogP contribution in [0.15, 0.2) is 36.9 Å². The molecule has 0 radical (unpaired) electrons. The van der Waals surface area contributed by atoms with Crippen molar-refractivity contribution < 1.29 is 0 Å². The quantitative estimate of drug-likeness (QED) is 0.684. The largest absolute Gasteiger partial charge is 0.265 e. The SMILES string of the molecule is CCn1nc(Cn2cncn2)c2ccccc21. The molecule has 0 unspecified atom stereocenters. The molecule has 17 heavy (non-hydrogen) atoms. The molecular weight excluding hydrogens is 214 g/mol. The van der Waals surface area contributed by atoms with E-state index >= 15 is 0 Å². The average molecular weight is 227 g/mol. The molecule has 2 heterocycles. The topological polar surface area (TPSA) is 48.5 Å². The zero-order valence-electron chi connectivity index (χ0n) is 9.61. The van der Waals surface area contributed by atoms with Crippen LogP contribution in [0.5, 0.6) is 0 Å². The highest BCUT2D eigenvalue weighted by atomic mass is 15.3. The van der Waals surface area contributed by atoms with Crippen LogP contribution in [0.3, 0.4) is 0 Å². The van der Waals surface area contributed by atoms with E-state index in [0.29, 0.717) is 6.54 Å². The van der Waals surface area contributed by atoms with Crippen LogP contribution in [0.2, 0.25) is 0 Å². The Hall–Kier alpha value is -2.17. The van der Waals surface area contributed by atoms with Crippen molar-refractivity contribution in [2.24, 2.45) is 0 Å². The second-order valence-electron chi connectivity index (χ2n) is 3.87. The van der Waals surface area contributed by atoms with Gasteiger partial charge in [0.25, 0.3) is 0 Å². The highest BCUT2D eigenvalue weighted by Gasteiger charge is 2.09. The van der Waals surface area contributed by atoms with Crippen molar-refractivity contribution in [3.8, 4) is 0 Å². The van der Waals surface area contributed by atoms with Gasteiger partial charge in [-0.05, 0) is 13.0 Å². The molecule has 0 saturated carbocycles. The highest BCUT2D eigenvalue weighted by molar-refractivity contribution is 5.81. The van der Waals surface area contributed by atoms with Crippen molar-refractivity contribution in [2.45, 2.75) is 20.0 Å². The molecule has 0 N–H and O–H groups in total. The van der Waals surface area contributed by atoms with Crippen molar-refractivity contribution in [2.75, 3.05) is 0 Å². The van der Waals surface area contributed by atoms with E-state index in [1.165, 1.54) is 10.9 Å². The Morgan fingerprint density at radius 3 is 2.88 bits per heavy atom. The predicted molar refractivity (Wildman–Crippen MR) is 64.5 cm³/mol. The first-order valence-electron chi connectivity index (χ1n) is 5.65. The first-order valence-corrected chi connectivity index (χ1v) is 5.65. The number of rotatable bonds is 3. The molecule has 1 aromatic carbocycles. The van der Waals surface area contributed by atoms with Gasteiger partial charge < -0.3 is 0 Å². The molecule has 0 saturated heterocycles. The third-order valence-electron chi connectivity index (χ3n) is 2.81. The van der Waals surface area contributed by atoms with Gasteiger partial charge in [-0.25, -0.2) is 9.67 Å². The molecule has 0 spiro atoms. The fraction of sp³-hybridized carbons (Fsp3) is 0.250. The minimum Gasteiger partial charge on any atom is -0.265 e. The molecule has 0 aliphatic rings. The summed E-state index contributed by atoms with van der Waals surface area (Å²) in [4.78, 5) is 3.94. The van der Waals surface area contributed by atoms with Crippen molar-refractivity contribution in [3.63, 3.8) is 0 Å². The van der Waals surface area contributed by atoms with E-state index in [4.69, 9.17) is 0 Å². The van der Waals surface area contributed by atoms with Gasteiger partial charge in [-0.3, -0.25) is 4.68 Å². The molecule has 0 aliphatic carbocycles. The lowest BCUT2D eigenvalue weighted by Crippen LogP contribution is -2.02. The van der Waals surface area contributed by atoms with Gasteiger partial charge in [-0.2, -0.15) is 10.2 Å². The van der Waals surface area contributed by atoms with Gasteiger partial charge >= 0.3 is 0 Å². The first kappa shape index (κ1) is 10.0. The number of hydrogen-bond acceptors (Lipinski definition) is 3. The van der Waals surface area contributed by atoms with Crippen LogP contribution in [0, 0.1) is 0 Å². The monoisotopic (exact) mass is 227 g/mol. The van der Waals surface area contributed by atoms with E-state index in [9.17, 15) is 0 Å². The minimum atomic E-state index is 0.660. The van der Waals surface area contributed by atoms with Gasteiger partial charge in [0.05, 0.1) is 17.8 Å². The smallest absolute Gasteiger partial charge is 0.137 e. The second kappa shape index (κ2) is 4.01. The Labute approximate surface area is 98.7 Å². The molecule has 0 atom stereocenters. The summed E-state index contributed by atoms with van der Waals surface area (Å²) in [5.41, 5.74) is 2.21. The summed E-state index contributed by atoms with van der Waals surface area (Å²) in [6.45, 7) is 3.63. The molecule has 3 aromatic rings. The maximum absolute atomic E-state index is 4.61. The van der Waals surface area contributed by atoms with E-state index in [1.807, 2.05) is 16.8 Å². The van der Waals surface area contributed by atoms with Crippen LogP contribution >= 0.6 is 0 Å². The summed E-state index contributed by atoms with van der Waals surface area (Å²) in [7, 11) is 0. The van der Waals surface area contributed by atoms with Crippen LogP contribution in [-0.2, 0) is 13.1 Å². The molecule has 3 rings (SSSR count). The van der Waals surface area contributed by atoms with E-state index in [0.717, 1.165) is 12.2 Å². The standard InChI is InChI=1S/C12H13N5/c1-2-17-12-6-4-3-5-10(12)11(15-17)7-16-9-13-8-14-16/h3-6,8-9H,2,7H2,1H3. The van der Waals surface area contributed by atoms with E-state index in [-0.39, 0.29) is 0 Å². The van der Waals surface area contributed by atoms with Crippen LogP contribution in [0.4, 0.5) is 0 Å². The third kappa shape index (κ3) is 1.69. The number of aryl methyl sites for hydroxylation is 1. The fourth-order valence-corrected chi connectivity index (χ4v) is 2.02. The molecular formula is C12H13N5. The molecule has 2 aromatic heterocycles. The molecule has 0 fully saturated rings.